The molecule has 0 aliphatic rings. The monoisotopic (exact) mass is 235 g/mol. The summed E-state index contributed by atoms with van der Waals surface area (Å²) in [6.45, 7) is 7.64. The number of aryl methyl sites for hydroxylation is 2. The Balaban J connectivity index is 2.20. The van der Waals surface area contributed by atoms with E-state index in [0.29, 0.717) is 6.04 Å². The van der Waals surface area contributed by atoms with Crippen LogP contribution in [0.1, 0.15) is 39.2 Å². The normalized spacial score (nSPS) is 12.4. The van der Waals surface area contributed by atoms with Gasteiger partial charge in [-0.2, -0.15) is 5.10 Å². The maximum absolute atomic E-state index is 4.18. The SMILES string of the molecule is C/C(=C/CCNC(C)C)CCc1cnn(C)c1. The average Bonchev–Trinajstić information content (AvgIpc) is 2.67. The molecule has 1 aromatic heterocycles. The molecule has 1 aromatic rings. The van der Waals surface area contributed by atoms with Gasteiger partial charge in [0.25, 0.3) is 0 Å². The van der Waals surface area contributed by atoms with E-state index < -0.39 is 0 Å². The summed E-state index contributed by atoms with van der Waals surface area (Å²) in [6.07, 6.45) is 9.73. The van der Waals surface area contributed by atoms with Gasteiger partial charge in [0, 0.05) is 19.3 Å². The van der Waals surface area contributed by atoms with Crippen LogP contribution in [0.5, 0.6) is 0 Å². The summed E-state index contributed by atoms with van der Waals surface area (Å²) in [5, 5.41) is 7.60. The molecule has 0 saturated carbocycles. The van der Waals surface area contributed by atoms with E-state index in [-0.39, 0.29) is 0 Å². The van der Waals surface area contributed by atoms with E-state index in [9.17, 15) is 0 Å². The van der Waals surface area contributed by atoms with Gasteiger partial charge in [0.2, 0.25) is 0 Å². The lowest BCUT2D eigenvalue weighted by atomic mass is 10.1. The minimum atomic E-state index is 0.582. The zero-order chi connectivity index (χ0) is 12.7. The van der Waals surface area contributed by atoms with Crippen molar-refractivity contribution >= 4 is 0 Å². The molecule has 0 atom stereocenters. The highest BCUT2D eigenvalue weighted by atomic mass is 15.2. The molecular weight excluding hydrogens is 210 g/mol. The Morgan fingerprint density at radius 1 is 1.53 bits per heavy atom. The lowest BCUT2D eigenvalue weighted by Crippen LogP contribution is -2.23. The summed E-state index contributed by atoms with van der Waals surface area (Å²) in [6, 6.07) is 0.582. The first-order chi connectivity index (χ1) is 8.08. The van der Waals surface area contributed by atoms with Crippen molar-refractivity contribution in [3.8, 4) is 0 Å². The fourth-order valence-electron chi connectivity index (χ4n) is 1.74. The number of nitrogens with zero attached hydrogens (tertiary/aromatic N) is 2. The van der Waals surface area contributed by atoms with Crippen molar-refractivity contribution < 1.29 is 0 Å². The van der Waals surface area contributed by atoms with Crippen LogP contribution in [0.15, 0.2) is 24.0 Å². The number of aromatic nitrogens is 2. The average molecular weight is 235 g/mol. The molecule has 0 radical (unpaired) electrons. The molecule has 0 bridgehead atoms. The van der Waals surface area contributed by atoms with Crippen LogP contribution in [0.2, 0.25) is 0 Å². The van der Waals surface area contributed by atoms with Crippen molar-refractivity contribution in [1.82, 2.24) is 15.1 Å². The highest BCUT2D eigenvalue weighted by Crippen LogP contribution is 2.08. The Bertz CT molecular complexity index is 350. The Kier molecular flexibility index (Phi) is 5.98. The lowest BCUT2D eigenvalue weighted by Gasteiger charge is -2.06. The number of nitrogens with one attached hydrogen (secondary N) is 1. The number of hydrogen-bond donors (Lipinski definition) is 1. The van der Waals surface area contributed by atoms with Gasteiger partial charge in [0.1, 0.15) is 0 Å². The van der Waals surface area contributed by atoms with Gasteiger partial charge < -0.3 is 5.32 Å². The van der Waals surface area contributed by atoms with E-state index in [4.69, 9.17) is 0 Å². The molecule has 0 aliphatic carbocycles. The molecule has 3 nitrogen and oxygen atoms in total. The van der Waals surface area contributed by atoms with Crippen LogP contribution in [0.25, 0.3) is 0 Å². The van der Waals surface area contributed by atoms with E-state index in [1.165, 1.54) is 11.1 Å². The molecule has 0 spiro atoms. The fourth-order valence-corrected chi connectivity index (χ4v) is 1.74. The summed E-state index contributed by atoms with van der Waals surface area (Å²) < 4.78 is 1.86. The molecule has 1 heterocycles. The molecule has 0 saturated heterocycles. The maximum Gasteiger partial charge on any atom is 0.0521 e. The summed E-state index contributed by atoms with van der Waals surface area (Å²) in [7, 11) is 1.96. The Hall–Kier alpha value is -1.09. The minimum Gasteiger partial charge on any atom is -0.314 e. The minimum absolute atomic E-state index is 0.582. The van der Waals surface area contributed by atoms with E-state index >= 15 is 0 Å². The van der Waals surface area contributed by atoms with Crippen molar-refractivity contribution in [3.05, 3.63) is 29.6 Å². The van der Waals surface area contributed by atoms with Crippen LogP contribution in [0.3, 0.4) is 0 Å². The zero-order valence-electron chi connectivity index (χ0n) is 11.5. The highest BCUT2D eigenvalue weighted by Gasteiger charge is 1.97. The quantitative estimate of drug-likeness (QED) is 0.581. The molecule has 96 valence electrons. The number of allylic oxidation sites excluding steroid dienone is 1. The van der Waals surface area contributed by atoms with Crippen LogP contribution in [-0.2, 0) is 13.5 Å². The topological polar surface area (TPSA) is 29.9 Å². The molecule has 17 heavy (non-hydrogen) atoms. The molecule has 1 N–H and O–H groups in total. The molecular formula is C14H25N3. The predicted molar refractivity (Wildman–Crippen MR) is 73.0 cm³/mol. The summed E-state index contributed by atoms with van der Waals surface area (Å²) in [5.74, 6) is 0. The molecule has 1 rings (SSSR count). The summed E-state index contributed by atoms with van der Waals surface area (Å²) >= 11 is 0. The van der Waals surface area contributed by atoms with Crippen LogP contribution in [-0.4, -0.2) is 22.4 Å². The first-order valence-electron chi connectivity index (χ1n) is 6.44. The van der Waals surface area contributed by atoms with E-state index in [1.54, 1.807) is 0 Å². The van der Waals surface area contributed by atoms with Gasteiger partial charge in [-0.25, -0.2) is 0 Å². The van der Waals surface area contributed by atoms with E-state index in [0.717, 1.165) is 25.8 Å². The van der Waals surface area contributed by atoms with Crippen molar-refractivity contribution in [2.45, 2.75) is 46.1 Å². The predicted octanol–water partition coefficient (Wildman–Crippen LogP) is 2.69. The second-order valence-electron chi connectivity index (χ2n) is 4.97. The molecule has 0 aliphatic heterocycles. The third-order valence-corrected chi connectivity index (χ3v) is 2.76. The fraction of sp³-hybridized carbons (Fsp3) is 0.643. The van der Waals surface area contributed by atoms with Crippen molar-refractivity contribution in [2.24, 2.45) is 7.05 Å². The van der Waals surface area contributed by atoms with Crippen LogP contribution in [0, 0.1) is 0 Å². The summed E-state index contributed by atoms with van der Waals surface area (Å²) in [4.78, 5) is 0. The zero-order valence-corrected chi connectivity index (χ0v) is 11.5. The van der Waals surface area contributed by atoms with Crippen LogP contribution in [0.4, 0.5) is 0 Å². The number of hydrogen-bond acceptors (Lipinski definition) is 2. The molecule has 0 fully saturated rings. The van der Waals surface area contributed by atoms with Crippen LogP contribution >= 0.6 is 0 Å². The smallest absolute Gasteiger partial charge is 0.0521 e. The largest absolute Gasteiger partial charge is 0.314 e. The third-order valence-electron chi connectivity index (χ3n) is 2.76. The van der Waals surface area contributed by atoms with E-state index in [2.05, 4.69) is 43.5 Å². The van der Waals surface area contributed by atoms with Crippen molar-refractivity contribution in [3.63, 3.8) is 0 Å². The standard InChI is InChI=1S/C14H25N3/c1-12(2)15-9-5-6-13(3)7-8-14-10-16-17(4)11-14/h6,10-12,15H,5,7-9H2,1-4H3/b13-6-. The Morgan fingerprint density at radius 3 is 2.88 bits per heavy atom. The highest BCUT2D eigenvalue weighted by molar-refractivity contribution is 5.08. The van der Waals surface area contributed by atoms with Crippen molar-refractivity contribution in [1.29, 1.82) is 0 Å². The van der Waals surface area contributed by atoms with Gasteiger partial charge in [-0.1, -0.05) is 25.5 Å². The third kappa shape index (κ3) is 6.27. The molecule has 0 unspecified atom stereocenters. The van der Waals surface area contributed by atoms with Gasteiger partial charge >= 0.3 is 0 Å². The second-order valence-corrected chi connectivity index (χ2v) is 4.97. The first-order valence-corrected chi connectivity index (χ1v) is 6.44. The van der Waals surface area contributed by atoms with Gasteiger partial charge in [-0.15, -0.1) is 0 Å². The summed E-state index contributed by atoms with van der Waals surface area (Å²) in [5.41, 5.74) is 2.79. The van der Waals surface area contributed by atoms with Crippen molar-refractivity contribution in [2.75, 3.05) is 6.54 Å². The van der Waals surface area contributed by atoms with Crippen LogP contribution < -0.4 is 5.32 Å². The Morgan fingerprint density at radius 2 is 2.29 bits per heavy atom. The van der Waals surface area contributed by atoms with Gasteiger partial charge in [0.05, 0.1) is 6.20 Å². The molecule has 0 aromatic carbocycles. The Labute approximate surface area is 105 Å². The first kappa shape index (κ1) is 14.0. The number of rotatable bonds is 7. The van der Waals surface area contributed by atoms with E-state index in [1.807, 2.05) is 17.9 Å². The lowest BCUT2D eigenvalue weighted by molar-refractivity contribution is 0.594. The van der Waals surface area contributed by atoms with Gasteiger partial charge in [-0.05, 0) is 38.3 Å². The maximum atomic E-state index is 4.18. The molecule has 0 amide bonds. The molecule has 3 heteroatoms. The second kappa shape index (κ2) is 7.28. The van der Waals surface area contributed by atoms with Gasteiger partial charge in [0.15, 0.2) is 0 Å². The van der Waals surface area contributed by atoms with Gasteiger partial charge in [-0.3, -0.25) is 4.68 Å².